The van der Waals surface area contributed by atoms with E-state index in [1.807, 2.05) is 30.3 Å². The van der Waals surface area contributed by atoms with Gasteiger partial charge in [-0.15, -0.1) is 0 Å². The third kappa shape index (κ3) is 1.89. The topological polar surface area (TPSA) is 59.7 Å². The first kappa shape index (κ1) is 12.7. The highest BCUT2D eigenvalue weighted by molar-refractivity contribution is 5.91. The van der Waals surface area contributed by atoms with Crippen molar-refractivity contribution in [1.29, 1.82) is 0 Å². The van der Waals surface area contributed by atoms with Gasteiger partial charge in [-0.05, 0) is 12.2 Å². The van der Waals surface area contributed by atoms with Gasteiger partial charge in [-0.25, -0.2) is 0 Å². The molecule has 0 unspecified atom stereocenters. The summed E-state index contributed by atoms with van der Waals surface area (Å²) >= 11 is 0. The zero-order valence-corrected chi connectivity index (χ0v) is 11.6. The number of aromatic hydroxyl groups is 1. The number of hydrogen-bond donors (Lipinski definition) is 1. The van der Waals surface area contributed by atoms with E-state index in [1.165, 1.54) is 6.07 Å². The van der Waals surface area contributed by atoms with Gasteiger partial charge in [0.05, 0.1) is 5.56 Å². The zero-order valence-electron chi connectivity index (χ0n) is 11.6. The van der Waals surface area contributed by atoms with Crippen molar-refractivity contribution in [3.05, 3.63) is 64.3 Å². The number of hydrogen-bond acceptors (Lipinski definition) is 4. The van der Waals surface area contributed by atoms with Crippen molar-refractivity contribution in [1.82, 2.24) is 0 Å². The van der Waals surface area contributed by atoms with Gasteiger partial charge in [-0.2, -0.15) is 0 Å². The van der Waals surface area contributed by atoms with E-state index in [0.29, 0.717) is 29.3 Å². The second kappa shape index (κ2) is 4.77. The quantitative estimate of drug-likeness (QED) is 0.745. The van der Waals surface area contributed by atoms with Crippen molar-refractivity contribution in [2.45, 2.75) is 0 Å². The minimum Gasteiger partial charge on any atom is -0.506 e. The molecule has 0 saturated heterocycles. The highest BCUT2D eigenvalue weighted by Gasteiger charge is 2.18. The first-order chi connectivity index (χ1) is 10.7. The Morgan fingerprint density at radius 1 is 1.09 bits per heavy atom. The largest absolute Gasteiger partial charge is 0.506 e. The predicted octanol–water partition coefficient (Wildman–Crippen LogP) is 3.57. The van der Waals surface area contributed by atoms with Crippen molar-refractivity contribution in [2.24, 2.45) is 0 Å². The highest BCUT2D eigenvalue weighted by atomic mass is 16.5. The molecule has 1 N–H and O–H groups in total. The number of benzene rings is 2. The minimum atomic E-state index is -0.278. The SMILES string of the molecule is O=c1cc(-c2ccccc2)oc2cc3c(c(O)c12)C=CCO3. The van der Waals surface area contributed by atoms with Gasteiger partial charge in [0.15, 0.2) is 5.43 Å². The number of rotatable bonds is 1. The van der Waals surface area contributed by atoms with E-state index in [1.54, 1.807) is 18.2 Å². The third-order valence-electron chi connectivity index (χ3n) is 3.67. The normalized spacial score (nSPS) is 12.9. The van der Waals surface area contributed by atoms with Crippen LogP contribution in [0.5, 0.6) is 11.5 Å². The summed E-state index contributed by atoms with van der Waals surface area (Å²) in [6.07, 6.45) is 3.53. The van der Waals surface area contributed by atoms with E-state index in [4.69, 9.17) is 9.15 Å². The Kier molecular flexibility index (Phi) is 2.76. The van der Waals surface area contributed by atoms with Crippen LogP contribution in [0.4, 0.5) is 0 Å². The summed E-state index contributed by atoms with van der Waals surface area (Å²) < 4.78 is 11.3. The lowest BCUT2D eigenvalue weighted by Crippen LogP contribution is -2.05. The Labute approximate surface area is 125 Å². The number of fused-ring (bicyclic) bond motifs is 2. The van der Waals surface area contributed by atoms with Gasteiger partial charge in [-0.3, -0.25) is 4.79 Å². The molecule has 22 heavy (non-hydrogen) atoms. The van der Waals surface area contributed by atoms with E-state index in [9.17, 15) is 9.90 Å². The van der Waals surface area contributed by atoms with Crippen LogP contribution in [-0.2, 0) is 0 Å². The second-order valence-electron chi connectivity index (χ2n) is 5.06. The van der Waals surface area contributed by atoms with Crippen LogP contribution in [-0.4, -0.2) is 11.7 Å². The lowest BCUT2D eigenvalue weighted by Gasteiger charge is -2.15. The van der Waals surface area contributed by atoms with Crippen LogP contribution in [0.3, 0.4) is 0 Å². The maximum absolute atomic E-state index is 12.4. The summed E-state index contributed by atoms with van der Waals surface area (Å²) in [5.74, 6) is 0.876. The van der Waals surface area contributed by atoms with Gasteiger partial charge in [0, 0.05) is 17.7 Å². The van der Waals surface area contributed by atoms with E-state index < -0.39 is 0 Å². The van der Waals surface area contributed by atoms with Crippen LogP contribution < -0.4 is 10.2 Å². The van der Waals surface area contributed by atoms with Gasteiger partial charge in [0.25, 0.3) is 0 Å². The molecule has 4 heteroatoms. The molecular formula is C18H12O4. The van der Waals surface area contributed by atoms with Crippen LogP contribution in [0.15, 0.2) is 57.8 Å². The molecule has 1 aliphatic heterocycles. The molecule has 4 rings (SSSR count). The molecule has 0 radical (unpaired) electrons. The Morgan fingerprint density at radius 2 is 1.91 bits per heavy atom. The number of phenolic OH excluding ortho intramolecular Hbond substituents is 1. The van der Waals surface area contributed by atoms with E-state index in [-0.39, 0.29) is 16.6 Å². The lowest BCUT2D eigenvalue weighted by molar-refractivity contribution is 0.354. The first-order valence-corrected chi connectivity index (χ1v) is 6.92. The Balaban J connectivity index is 2.03. The van der Waals surface area contributed by atoms with Crippen LogP contribution in [0.25, 0.3) is 28.4 Å². The monoisotopic (exact) mass is 292 g/mol. The maximum Gasteiger partial charge on any atom is 0.197 e. The van der Waals surface area contributed by atoms with Crippen molar-refractivity contribution in [3.63, 3.8) is 0 Å². The fourth-order valence-corrected chi connectivity index (χ4v) is 2.62. The van der Waals surface area contributed by atoms with E-state index >= 15 is 0 Å². The van der Waals surface area contributed by atoms with Crippen molar-refractivity contribution in [3.8, 4) is 22.8 Å². The molecule has 0 spiro atoms. The van der Waals surface area contributed by atoms with Crippen LogP contribution in [0, 0.1) is 0 Å². The van der Waals surface area contributed by atoms with Gasteiger partial charge >= 0.3 is 0 Å². The molecule has 1 aliphatic rings. The highest BCUT2D eigenvalue weighted by Crippen LogP contribution is 2.38. The molecule has 108 valence electrons. The Bertz CT molecular complexity index is 952. The maximum atomic E-state index is 12.4. The molecular weight excluding hydrogens is 280 g/mol. The minimum absolute atomic E-state index is 0.100. The van der Waals surface area contributed by atoms with E-state index in [0.717, 1.165) is 5.56 Å². The molecule has 3 aromatic rings. The molecule has 1 aromatic heterocycles. The fourth-order valence-electron chi connectivity index (χ4n) is 2.62. The fraction of sp³-hybridized carbons (Fsp3) is 0.0556. The molecule has 0 amide bonds. The second-order valence-corrected chi connectivity index (χ2v) is 5.06. The molecule has 4 nitrogen and oxygen atoms in total. The average molecular weight is 292 g/mol. The van der Waals surface area contributed by atoms with Gasteiger partial charge < -0.3 is 14.3 Å². The van der Waals surface area contributed by atoms with Gasteiger partial charge in [-0.1, -0.05) is 30.3 Å². The summed E-state index contributed by atoms with van der Waals surface area (Å²) in [6, 6.07) is 12.4. The molecule has 2 heterocycles. The number of phenols is 1. The summed E-state index contributed by atoms with van der Waals surface area (Å²) in [6.45, 7) is 0.431. The van der Waals surface area contributed by atoms with Crippen molar-refractivity contribution < 1.29 is 14.3 Å². The smallest absolute Gasteiger partial charge is 0.197 e. The van der Waals surface area contributed by atoms with Crippen LogP contribution >= 0.6 is 0 Å². The Hall–Kier alpha value is -3.01. The summed E-state index contributed by atoms with van der Waals surface area (Å²) in [5, 5.41) is 10.5. The predicted molar refractivity (Wildman–Crippen MR) is 84.1 cm³/mol. The lowest BCUT2D eigenvalue weighted by atomic mass is 10.1. The third-order valence-corrected chi connectivity index (χ3v) is 3.67. The van der Waals surface area contributed by atoms with Crippen LogP contribution in [0.2, 0.25) is 0 Å². The van der Waals surface area contributed by atoms with Gasteiger partial charge in [0.2, 0.25) is 0 Å². The van der Waals surface area contributed by atoms with Crippen LogP contribution in [0.1, 0.15) is 5.56 Å². The molecule has 0 fully saturated rings. The van der Waals surface area contributed by atoms with Crippen molar-refractivity contribution in [2.75, 3.05) is 6.61 Å². The molecule has 0 saturated carbocycles. The summed E-state index contributed by atoms with van der Waals surface area (Å²) in [7, 11) is 0. The summed E-state index contributed by atoms with van der Waals surface area (Å²) in [5.41, 5.74) is 1.36. The molecule has 0 bridgehead atoms. The number of ether oxygens (including phenoxy) is 1. The van der Waals surface area contributed by atoms with E-state index in [2.05, 4.69) is 0 Å². The molecule has 2 aromatic carbocycles. The average Bonchev–Trinajstić information content (AvgIpc) is 2.55. The molecule has 0 aliphatic carbocycles. The van der Waals surface area contributed by atoms with Gasteiger partial charge in [0.1, 0.15) is 34.8 Å². The summed E-state index contributed by atoms with van der Waals surface area (Å²) in [4.78, 5) is 12.4. The van der Waals surface area contributed by atoms with Crippen molar-refractivity contribution >= 4 is 17.0 Å². The molecule has 0 atom stereocenters. The first-order valence-electron chi connectivity index (χ1n) is 6.92. The zero-order chi connectivity index (χ0) is 15.1. The standard InChI is InChI=1S/C18H12O4/c19-13-9-14(11-5-2-1-3-6-11)22-16-10-15-12(7-4-8-21-15)18(20)17(13)16/h1-7,9-10,20H,8H2. The Morgan fingerprint density at radius 3 is 2.73 bits per heavy atom.